The van der Waals surface area contributed by atoms with Gasteiger partial charge in [0.15, 0.2) is 0 Å². The van der Waals surface area contributed by atoms with Crippen LogP contribution in [0.4, 0.5) is 0 Å². The van der Waals surface area contributed by atoms with Crippen LogP contribution in [0.5, 0.6) is 0 Å². The maximum Gasteiger partial charge on any atom is 0.253 e. The predicted molar refractivity (Wildman–Crippen MR) is 99.9 cm³/mol. The lowest BCUT2D eigenvalue weighted by atomic mass is 10.1. The molecule has 1 aliphatic rings. The minimum atomic E-state index is -0.194. The van der Waals surface area contributed by atoms with Crippen LogP contribution in [-0.4, -0.2) is 36.8 Å². The Morgan fingerprint density at radius 2 is 1.88 bits per heavy atom. The normalized spacial score (nSPS) is 16.7. The number of carbonyl (C=O) groups excluding carboxylic acids is 1. The molecule has 0 saturated heterocycles. The number of hydrogen-bond acceptors (Lipinski definition) is 5. The Labute approximate surface area is 153 Å². The van der Waals surface area contributed by atoms with Crippen LogP contribution >= 0.6 is 11.8 Å². The fourth-order valence-corrected chi connectivity index (χ4v) is 4.18. The lowest BCUT2D eigenvalue weighted by Crippen LogP contribution is -2.41. The highest BCUT2D eigenvalue weighted by Crippen LogP contribution is 2.28. The largest absolute Gasteiger partial charge is 0.352 e. The van der Waals surface area contributed by atoms with Crippen molar-refractivity contribution in [2.24, 2.45) is 5.92 Å². The highest BCUT2D eigenvalue weighted by Gasteiger charge is 2.28. The quantitative estimate of drug-likeness (QED) is 0.828. The van der Waals surface area contributed by atoms with Gasteiger partial charge in [0.05, 0.1) is 5.25 Å². The summed E-state index contributed by atoms with van der Waals surface area (Å²) in [5.41, 5.74) is 3.13. The number of aryl methyl sites for hydroxylation is 2. The Hall–Kier alpha value is -1.63. The summed E-state index contributed by atoms with van der Waals surface area (Å²) < 4.78 is 1.77. The third-order valence-electron chi connectivity index (χ3n) is 5.04. The van der Waals surface area contributed by atoms with Gasteiger partial charge in [-0.25, -0.2) is 9.50 Å². The van der Waals surface area contributed by atoms with Crippen LogP contribution in [0.3, 0.4) is 0 Å². The molecule has 0 spiro atoms. The minimum Gasteiger partial charge on any atom is -0.352 e. The highest BCUT2D eigenvalue weighted by atomic mass is 32.2. The number of nitrogens with zero attached hydrogens (tertiary/aromatic N) is 4. The first-order chi connectivity index (χ1) is 11.9. The summed E-state index contributed by atoms with van der Waals surface area (Å²) in [6.45, 7) is 10.2. The Kier molecular flexibility index (Phi) is 5.32. The highest BCUT2D eigenvalue weighted by molar-refractivity contribution is 8.00. The first-order valence-electron chi connectivity index (χ1n) is 9.04. The molecule has 3 rings (SSSR count). The van der Waals surface area contributed by atoms with E-state index in [0.717, 1.165) is 29.8 Å². The summed E-state index contributed by atoms with van der Waals surface area (Å²) in [6.07, 6.45) is 4.61. The topological polar surface area (TPSA) is 72.2 Å². The van der Waals surface area contributed by atoms with E-state index in [0.29, 0.717) is 17.0 Å². The van der Waals surface area contributed by atoms with Crippen molar-refractivity contribution in [3.63, 3.8) is 0 Å². The number of thioether (sulfide) groups is 1. The van der Waals surface area contributed by atoms with E-state index in [1.165, 1.54) is 24.6 Å². The van der Waals surface area contributed by atoms with Crippen molar-refractivity contribution in [3.05, 3.63) is 17.0 Å². The molecule has 0 aromatic carbocycles. The van der Waals surface area contributed by atoms with Gasteiger partial charge in [0.1, 0.15) is 0 Å². The molecular formula is C18H27N5OS. The fourth-order valence-electron chi connectivity index (χ4n) is 3.25. The van der Waals surface area contributed by atoms with Gasteiger partial charge in [-0.15, -0.1) is 5.10 Å². The van der Waals surface area contributed by atoms with E-state index in [-0.39, 0.29) is 17.1 Å². The number of aromatic nitrogens is 4. The van der Waals surface area contributed by atoms with Crippen LogP contribution in [0.1, 0.15) is 56.5 Å². The maximum atomic E-state index is 12.7. The average Bonchev–Trinajstić information content (AvgIpc) is 3.19. The van der Waals surface area contributed by atoms with E-state index in [2.05, 4.69) is 34.2 Å². The van der Waals surface area contributed by atoms with Crippen molar-refractivity contribution in [3.8, 4) is 0 Å². The zero-order valence-corrected chi connectivity index (χ0v) is 16.5. The van der Waals surface area contributed by atoms with Gasteiger partial charge >= 0.3 is 0 Å². The molecule has 1 fully saturated rings. The van der Waals surface area contributed by atoms with E-state index in [1.807, 2.05) is 20.8 Å². The average molecular weight is 362 g/mol. The molecule has 7 heteroatoms. The van der Waals surface area contributed by atoms with E-state index in [4.69, 9.17) is 0 Å². The van der Waals surface area contributed by atoms with Crippen molar-refractivity contribution in [2.75, 3.05) is 0 Å². The fraction of sp³-hybridized carbons (Fsp3) is 0.667. The number of amides is 1. The predicted octanol–water partition coefficient (Wildman–Crippen LogP) is 3.23. The van der Waals surface area contributed by atoms with Crippen LogP contribution in [-0.2, 0) is 4.79 Å². The smallest absolute Gasteiger partial charge is 0.253 e. The summed E-state index contributed by atoms with van der Waals surface area (Å²) in [6, 6.07) is 0.331. The van der Waals surface area contributed by atoms with Crippen LogP contribution < -0.4 is 5.32 Å². The van der Waals surface area contributed by atoms with Crippen molar-refractivity contribution >= 4 is 23.4 Å². The maximum absolute atomic E-state index is 12.7. The number of hydrogen-bond donors (Lipinski definition) is 1. The second-order valence-electron chi connectivity index (χ2n) is 7.29. The summed E-state index contributed by atoms with van der Waals surface area (Å²) in [5, 5.41) is 8.20. The van der Waals surface area contributed by atoms with E-state index in [9.17, 15) is 4.79 Å². The molecule has 1 N–H and O–H groups in total. The second kappa shape index (κ2) is 7.32. The van der Waals surface area contributed by atoms with Gasteiger partial charge in [0.2, 0.25) is 11.1 Å². The third-order valence-corrected chi connectivity index (χ3v) is 6.44. The molecule has 25 heavy (non-hydrogen) atoms. The molecule has 1 aliphatic carbocycles. The molecule has 6 nitrogen and oxygen atoms in total. The first-order valence-corrected chi connectivity index (χ1v) is 9.92. The molecule has 1 amide bonds. The molecule has 2 heterocycles. The lowest BCUT2D eigenvalue weighted by molar-refractivity contribution is -0.121. The van der Waals surface area contributed by atoms with Gasteiger partial charge in [-0.2, -0.15) is 4.98 Å². The van der Waals surface area contributed by atoms with E-state index >= 15 is 0 Å². The monoisotopic (exact) mass is 361 g/mol. The molecule has 1 unspecified atom stereocenters. The molecule has 0 aliphatic heterocycles. The van der Waals surface area contributed by atoms with Crippen molar-refractivity contribution in [2.45, 2.75) is 76.8 Å². The molecule has 136 valence electrons. The van der Waals surface area contributed by atoms with Gasteiger partial charge in [0.25, 0.3) is 5.78 Å². The summed E-state index contributed by atoms with van der Waals surface area (Å²) in [7, 11) is 0. The van der Waals surface area contributed by atoms with Gasteiger partial charge in [0, 0.05) is 17.4 Å². The molecule has 0 bridgehead atoms. The summed E-state index contributed by atoms with van der Waals surface area (Å²) in [5.74, 6) is 0.903. The second-order valence-corrected chi connectivity index (χ2v) is 8.39. The minimum absolute atomic E-state index is 0.0998. The lowest BCUT2D eigenvalue weighted by Gasteiger charge is -2.21. The Morgan fingerprint density at radius 1 is 1.20 bits per heavy atom. The zero-order chi connectivity index (χ0) is 18.1. The Morgan fingerprint density at radius 3 is 2.52 bits per heavy atom. The number of carbonyl (C=O) groups is 1. The van der Waals surface area contributed by atoms with E-state index < -0.39 is 0 Å². The van der Waals surface area contributed by atoms with Gasteiger partial charge in [-0.1, -0.05) is 38.5 Å². The van der Waals surface area contributed by atoms with Crippen molar-refractivity contribution in [1.82, 2.24) is 24.9 Å². The van der Waals surface area contributed by atoms with Crippen LogP contribution in [0, 0.1) is 26.7 Å². The first kappa shape index (κ1) is 18.2. The molecule has 1 saturated carbocycles. The van der Waals surface area contributed by atoms with Gasteiger partial charge < -0.3 is 5.32 Å². The SMILES string of the molecule is Cc1nc2nc(SC(C(=O)NC3CCCC3)C(C)C)nn2c(C)c1C. The van der Waals surface area contributed by atoms with Crippen LogP contribution in [0.25, 0.3) is 5.78 Å². The standard InChI is InChI=1S/C18H27N5OS/c1-10(2)15(16(24)20-14-8-6-7-9-14)25-18-21-17-19-12(4)11(3)13(5)23(17)22-18/h10,14-15H,6-9H2,1-5H3,(H,20,24). The van der Waals surface area contributed by atoms with Crippen molar-refractivity contribution < 1.29 is 4.79 Å². The third kappa shape index (κ3) is 3.81. The van der Waals surface area contributed by atoms with E-state index in [1.54, 1.807) is 4.52 Å². The van der Waals surface area contributed by atoms with Crippen LogP contribution in [0.2, 0.25) is 0 Å². The summed E-state index contributed by atoms with van der Waals surface area (Å²) in [4.78, 5) is 21.8. The molecular weight excluding hydrogens is 334 g/mol. The van der Waals surface area contributed by atoms with Gasteiger partial charge in [-0.3, -0.25) is 4.79 Å². The number of nitrogens with one attached hydrogen (secondary N) is 1. The molecule has 2 aromatic rings. The van der Waals surface area contributed by atoms with Gasteiger partial charge in [-0.05, 0) is 45.1 Å². The molecule has 2 aromatic heterocycles. The zero-order valence-electron chi connectivity index (χ0n) is 15.7. The number of rotatable bonds is 5. The molecule has 1 atom stereocenters. The van der Waals surface area contributed by atoms with Crippen LogP contribution in [0.15, 0.2) is 5.16 Å². The molecule has 0 radical (unpaired) electrons. The Bertz CT molecular complexity index is 779. The Balaban J connectivity index is 1.81. The summed E-state index contributed by atoms with van der Waals surface area (Å²) >= 11 is 1.44. The number of fused-ring (bicyclic) bond motifs is 1. The van der Waals surface area contributed by atoms with Crippen molar-refractivity contribution in [1.29, 1.82) is 0 Å².